The largest absolute Gasteiger partial charge is 0.393 e. The first-order valence-corrected chi connectivity index (χ1v) is 6.42. The fourth-order valence-corrected chi connectivity index (χ4v) is 4.70. The third kappa shape index (κ3) is 1.38. The number of fused-ring (bicyclic) bond motifs is 2. The maximum Gasteiger partial charge on any atom is 0.0653 e. The second-order valence-electron chi connectivity index (χ2n) is 6.49. The Kier molecular flexibility index (Phi) is 2.01. The normalized spacial score (nSPS) is 59.0. The van der Waals surface area contributed by atoms with E-state index in [1.54, 1.807) is 0 Å². The maximum atomic E-state index is 10.4. The SMILES string of the molecule is CC1(O)C[C@@]23CC[C@H](O)CC2C[C@@H]1CC3. The van der Waals surface area contributed by atoms with Crippen LogP contribution in [0.3, 0.4) is 0 Å². The average molecular weight is 210 g/mol. The second kappa shape index (κ2) is 2.98. The summed E-state index contributed by atoms with van der Waals surface area (Å²) in [6, 6.07) is 0. The Bertz CT molecular complexity index is 274. The first-order chi connectivity index (χ1) is 7.02. The zero-order valence-electron chi connectivity index (χ0n) is 9.58. The lowest BCUT2D eigenvalue weighted by molar-refractivity contribution is -0.175. The molecule has 2 unspecified atom stereocenters. The molecule has 2 N–H and O–H groups in total. The van der Waals surface area contributed by atoms with Gasteiger partial charge < -0.3 is 10.2 Å². The third-order valence-electron chi connectivity index (χ3n) is 5.55. The van der Waals surface area contributed by atoms with Crippen LogP contribution >= 0.6 is 0 Å². The highest BCUT2D eigenvalue weighted by atomic mass is 16.3. The van der Waals surface area contributed by atoms with Gasteiger partial charge in [0.15, 0.2) is 0 Å². The van der Waals surface area contributed by atoms with Crippen molar-refractivity contribution in [2.75, 3.05) is 0 Å². The van der Waals surface area contributed by atoms with E-state index in [4.69, 9.17) is 0 Å². The van der Waals surface area contributed by atoms with E-state index in [2.05, 4.69) is 0 Å². The van der Waals surface area contributed by atoms with Gasteiger partial charge in [-0.3, -0.25) is 0 Å². The molecule has 86 valence electrons. The van der Waals surface area contributed by atoms with Crippen LogP contribution in [0.2, 0.25) is 0 Å². The van der Waals surface area contributed by atoms with Crippen molar-refractivity contribution in [3.8, 4) is 0 Å². The Hall–Kier alpha value is -0.0800. The molecule has 0 amide bonds. The molecule has 0 saturated heterocycles. The summed E-state index contributed by atoms with van der Waals surface area (Å²) in [4.78, 5) is 0. The molecule has 4 saturated carbocycles. The maximum absolute atomic E-state index is 10.4. The summed E-state index contributed by atoms with van der Waals surface area (Å²) < 4.78 is 0. The van der Waals surface area contributed by atoms with E-state index in [1.807, 2.05) is 6.92 Å². The van der Waals surface area contributed by atoms with Crippen molar-refractivity contribution >= 4 is 0 Å². The number of aliphatic hydroxyl groups is 2. The van der Waals surface area contributed by atoms with Crippen LogP contribution in [0.5, 0.6) is 0 Å². The molecule has 4 fully saturated rings. The van der Waals surface area contributed by atoms with E-state index in [1.165, 1.54) is 12.8 Å². The molecular formula is C13H22O2. The Morgan fingerprint density at radius 3 is 2.53 bits per heavy atom. The van der Waals surface area contributed by atoms with Gasteiger partial charge in [-0.05, 0) is 69.1 Å². The summed E-state index contributed by atoms with van der Waals surface area (Å²) >= 11 is 0. The summed E-state index contributed by atoms with van der Waals surface area (Å²) in [6.07, 6.45) is 7.67. The van der Waals surface area contributed by atoms with Crippen molar-refractivity contribution in [2.45, 2.75) is 63.6 Å². The van der Waals surface area contributed by atoms with Gasteiger partial charge in [-0.25, -0.2) is 0 Å². The summed E-state index contributed by atoms with van der Waals surface area (Å²) in [5, 5.41) is 20.1. The van der Waals surface area contributed by atoms with Crippen LogP contribution in [0.25, 0.3) is 0 Å². The molecule has 4 aliphatic carbocycles. The molecule has 5 atom stereocenters. The van der Waals surface area contributed by atoms with Gasteiger partial charge in [-0.15, -0.1) is 0 Å². The van der Waals surface area contributed by atoms with Gasteiger partial charge in [0, 0.05) is 0 Å². The summed E-state index contributed by atoms with van der Waals surface area (Å²) in [5.74, 6) is 1.19. The van der Waals surface area contributed by atoms with E-state index in [-0.39, 0.29) is 6.10 Å². The minimum Gasteiger partial charge on any atom is -0.393 e. The fraction of sp³-hybridized carbons (Fsp3) is 1.00. The van der Waals surface area contributed by atoms with Crippen LogP contribution < -0.4 is 0 Å². The standard InChI is InChI=1S/C13H22O2/c1-12(15)8-13-4-2-9(12)6-10(13)7-11(14)3-5-13/h9-11,14-15H,2-8H2,1H3/t9-,10?,11-,12?,13+/m0/s1. The van der Waals surface area contributed by atoms with Crippen molar-refractivity contribution in [1.29, 1.82) is 0 Å². The molecule has 0 aromatic heterocycles. The van der Waals surface area contributed by atoms with E-state index in [0.29, 0.717) is 17.3 Å². The molecule has 0 heterocycles. The second-order valence-corrected chi connectivity index (χ2v) is 6.49. The van der Waals surface area contributed by atoms with E-state index in [0.717, 1.165) is 32.1 Å². The first-order valence-electron chi connectivity index (χ1n) is 6.42. The zero-order chi connectivity index (χ0) is 10.7. The third-order valence-corrected chi connectivity index (χ3v) is 5.55. The Morgan fingerprint density at radius 1 is 1.07 bits per heavy atom. The lowest BCUT2D eigenvalue weighted by Gasteiger charge is -2.61. The molecule has 2 bridgehead atoms. The summed E-state index contributed by atoms with van der Waals surface area (Å²) in [7, 11) is 0. The quantitative estimate of drug-likeness (QED) is 0.642. The van der Waals surface area contributed by atoms with Gasteiger partial charge in [0.05, 0.1) is 11.7 Å². The molecule has 2 heteroatoms. The van der Waals surface area contributed by atoms with Crippen molar-refractivity contribution in [3.63, 3.8) is 0 Å². The number of hydrogen-bond donors (Lipinski definition) is 2. The molecule has 4 rings (SSSR count). The van der Waals surface area contributed by atoms with Gasteiger partial charge in [-0.1, -0.05) is 0 Å². The van der Waals surface area contributed by atoms with Gasteiger partial charge in [0.25, 0.3) is 0 Å². The summed E-state index contributed by atoms with van der Waals surface area (Å²) in [5.41, 5.74) is -0.0332. The predicted molar refractivity (Wildman–Crippen MR) is 58.4 cm³/mol. The molecular weight excluding hydrogens is 188 g/mol. The number of rotatable bonds is 0. The molecule has 0 aromatic rings. The zero-order valence-corrected chi connectivity index (χ0v) is 9.58. The summed E-state index contributed by atoms with van der Waals surface area (Å²) in [6.45, 7) is 2.03. The minimum absolute atomic E-state index is 0.0649. The Labute approximate surface area is 91.7 Å². The first kappa shape index (κ1) is 10.1. The van der Waals surface area contributed by atoms with Crippen LogP contribution in [0.15, 0.2) is 0 Å². The molecule has 0 aliphatic heterocycles. The highest BCUT2D eigenvalue weighted by Gasteiger charge is 2.57. The smallest absolute Gasteiger partial charge is 0.0653 e. The van der Waals surface area contributed by atoms with Crippen LogP contribution in [0.1, 0.15) is 51.9 Å². The Balaban J connectivity index is 1.89. The van der Waals surface area contributed by atoms with Crippen molar-refractivity contribution < 1.29 is 10.2 Å². The molecule has 0 aromatic carbocycles. The predicted octanol–water partition coefficient (Wildman–Crippen LogP) is 2.09. The topological polar surface area (TPSA) is 40.5 Å². The van der Waals surface area contributed by atoms with Crippen LogP contribution in [-0.2, 0) is 0 Å². The van der Waals surface area contributed by atoms with E-state index >= 15 is 0 Å². The van der Waals surface area contributed by atoms with E-state index < -0.39 is 5.60 Å². The lowest BCUT2D eigenvalue weighted by Crippen LogP contribution is -2.57. The average Bonchev–Trinajstić information content (AvgIpc) is 2.16. The highest BCUT2D eigenvalue weighted by molar-refractivity contribution is 5.08. The minimum atomic E-state index is -0.420. The molecule has 0 radical (unpaired) electrons. The molecule has 15 heavy (non-hydrogen) atoms. The van der Waals surface area contributed by atoms with Gasteiger partial charge in [0.2, 0.25) is 0 Å². The van der Waals surface area contributed by atoms with Gasteiger partial charge >= 0.3 is 0 Å². The fourth-order valence-electron chi connectivity index (χ4n) is 4.70. The number of hydrogen-bond acceptors (Lipinski definition) is 2. The molecule has 1 spiro atoms. The van der Waals surface area contributed by atoms with Crippen LogP contribution in [0, 0.1) is 17.3 Å². The molecule has 4 aliphatic rings. The van der Waals surface area contributed by atoms with Crippen molar-refractivity contribution in [3.05, 3.63) is 0 Å². The lowest BCUT2D eigenvalue weighted by atomic mass is 9.46. The highest BCUT2D eigenvalue weighted by Crippen LogP contribution is 2.62. The Morgan fingerprint density at radius 2 is 1.80 bits per heavy atom. The van der Waals surface area contributed by atoms with Gasteiger partial charge in [0.1, 0.15) is 0 Å². The van der Waals surface area contributed by atoms with Crippen LogP contribution in [0.4, 0.5) is 0 Å². The monoisotopic (exact) mass is 210 g/mol. The van der Waals surface area contributed by atoms with Crippen molar-refractivity contribution in [2.24, 2.45) is 17.3 Å². The number of aliphatic hydroxyl groups excluding tert-OH is 1. The molecule has 2 nitrogen and oxygen atoms in total. The van der Waals surface area contributed by atoms with E-state index in [9.17, 15) is 10.2 Å². The van der Waals surface area contributed by atoms with Gasteiger partial charge in [-0.2, -0.15) is 0 Å². The van der Waals surface area contributed by atoms with Crippen LogP contribution in [-0.4, -0.2) is 21.9 Å². The van der Waals surface area contributed by atoms with Crippen molar-refractivity contribution in [1.82, 2.24) is 0 Å².